The van der Waals surface area contributed by atoms with Gasteiger partial charge in [-0.2, -0.15) is 0 Å². The molecule has 0 aromatic rings. The Balaban J connectivity index is 1.55. The fraction of sp³-hybridized carbons (Fsp3) is 0.929. The second kappa shape index (κ2) is 7.10. The maximum atomic E-state index is 11.7. The van der Waals surface area contributed by atoms with Gasteiger partial charge in [0.15, 0.2) is 0 Å². The molecule has 3 N–H and O–H groups in total. The van der Waals surface area contributed by atoms with Crippen molar-refractivity contribution in [2.24, 2.45) is 5.92 Å². The first-order valence-corrected chi connectivity index (χ1v) is 7.44. The molecular formula is C14H26N2O2. The van der Waals surface area contributed by atoms with Crippen molar-refractivity contribution < 1.29 is 9.90 Å². The number of hydrogen-bond donors (Lipinski definition) is 3. The van der Waals surface area contributed by atoms with E-state index in [0.29, 0.717) is 25.0 Å². The molecule has 104 valence electrons. The van der Waals surface area contributed by atoms with E-state index in [-0.39, 0.29) is 12.0 Å². The third-order valence-corrected chi connectivity index (χ3v) is 4.03. The highest BCUT2D eigenvalue weighted by atomic mass is 16.3. The van der Waals surface area contributed by atoms with Crippen molar-refractivity contribution in [1.29, 1.82) is 0 Å². The summed E-state index contributed by atoms with van der Waals surface area (Å²) in [4.78, 5) is 11.7. The van der Waals surface area contributed by atoms with Crippen molar-refractivity contribution in [2.45, 2.75) is 63.5 Å². The minimum Gasteiger partial charge on any atom is -0.392 e. The summed E-state index contributed by atoms with van der Waals surface area (Å²) < 4.78 is 0. The molecule has 18 heavy (non-hydrogen) atoms. The zero-order chi connectivity index (χ0) is 12.8. The van der Waals surface area contributed by atoms with E-state index < -0.39 is 0 Å². The molecule has 1 unspecified atom stereocenters. The Morgan fingerprint density at radius 2 is 1.78 bits per heavy atom. The molecule has 2 aliphatic carbocycles. The number of aliphatic hydroxyl groups is 1. The highest BCUT2D eigenvalue weighted by Gasteiger charge is 2.29. The molecule has 1 atom stereocenters. The van der Waals surface area contributed by atoms with Gasteiger partial charge in [0.2, 0.25) is 5.91 Å². The molecule has 4 heteroatoms. The third kappa shape index (κ3) is 4.94. The fourth-order valence-corrected chi connectivity index (χ4v) is 2.68. The summed E-state index contributed by atoms with van der Waals surface area (Å²) in [6.45, 7) is 0.878. The van der Waals surface area contributed by atoms with Crippen LogP contribution in [0.1, 0.15) is 51.4 Å². The Hall–Kier alpha value is -0.610. The minimum absolute atomic E-state index is 0.0740. The lowest BCUT2D eigenvalue weighted by Gasteiger charge is -2.17. The number of carbonyl (C=O) groups excluding carboxylic acids is 1. The molecular weight excluding hydrogens is 228 g/mol. The topological polar surface area (TPSA) is 61.4 Å². The molecule has 4 nitrogen and oxygen atoms in total. The van der Waals surface area contributed by atoms with Crippen LogP contribution in [0.3, 0.4) is 0 Å². The Kier molecular flexibility index (Phi) is 5.45. The largest absolute Gasteiger partial charge is 0.392 e. The summed E-state index contributed by atoms with van der Waals surface area (Å²) >= 11 is 0. The third-order valence-electron chi connectivity index (χ3n) is 4.03. The van der Waals surface area contributed by atoms with E-state index in [4.69, 9.17) is 0 Å². The number of rotatable bonds is 6. The SMILES string of the molecule is O=C(CNCC(O)C1CC1)NC1CCCCCC1. The second-order valence-corrected chi connectivity index (χ2v) is 5.79. The molecule has 1 amide bonds. The second-order valence-electron chi connectivity index (χ2n) is 5.79. The van der Waals surface area contributed by atoms with E-state index in [1.807, 2.05) is 0 Å². The highest BCUT2D eigenvalue weighted by molar-refractivity contribution is 5.78. The first-order valence-electron chi connectivity index (χ1n) is 7.44. The summed E-state index contributed by atoms with van der Waals surface area (Å²) in [7, 11) is 0. The number of amides is 1. The lowest BCUT2D eigenvalue weighted by Crippen LogP contribution is -2.42. The molecule has 2 fully saturated rings. The lowest BCUT2D eigenvalue weighted by atomic mass is 10.1. The molecule has 2 aliphatic rings. The molecule has 0 aromatic heterocycles. The van der Waals surface area contributed by atoms with Gasteiger partial charge in [0.25, 0.3) is 0 Å². The highest BCUT2D eigenvalue weighted by Crippen LogP contribution is 2.32. The van der Waals surface area contributed by atoms with Crippen LogP contribution in [0.15, 0.2) is 0 Å². The molecule has 0 saturated heterocycles. The van der Waals surface area contributed by atoms with Crippen molar-refractivity contribution >= 4 is 5.91 Å². The van der Waals surface area contributed by atoms with Crippen LogP contribution in [-0.4, -0.2) is 36.2 Å². The first kappa shape index (κ1) is 13.8. The Labute approximate surface area is 110 Å². The fourth-order valence-electron chi connectivity index (χ4n) is 2.68. The maximum Gasteiger partial charge on any atom is 0.234 e. The molecule has 0 aromatic carbocycles. The molecule has 0 spiro atoms. The van der Waals surface area contributed by atoms with E-state index in [1.54, 1.807) is 0 Å². The van der Waals surface area contributed by atoms with Gasteiger partial charge in [0.1, 0.15) is 0 Å². The smallest absolute Gasteiger partial charge is 0.234 e. The van der Waals surface area contributed by atoms with Crippen molar-refractivity contribution in [3.63, 3.8) is 0 Å². The van der Waals surface area contributed by atoms with Gasteiger partial charge in [-0.15, -0.1) is 0 Å². The Morgan fingerprint density at radius 1 is 1.11 bits per heavy atom. The van der Waals surface area contributed by atoms with Gasteiger partial charge in [0.05, 0.1) is 12.6 Å². The van der Waals surface area contributed by atoms with Crippen molar-refractivity contribution in [1.82, 2.24) is 10.6 Å². The van der Waals surface area contributed by atoms with Crippen molar-refractivity contribution in [3.8, 4) is 0 Å². The molecule has 0 radical (unpaired) electrons. The lowest BCUT2D eigenvalue weighted by molar-refractivity contribution is -0.121. The summed E-state index contributed by atoms with van der Waals surface area (Å²) in [6, 6.07) is 0.371. The number of hydrogen-bond acceptors (Lipinski definition) is 3. The average Bonchev–Trinajstić information content (AvgIpc) is 3.16. The van der Waals surface area contributed by atoms with Crippen molar-refractivity contribution in [2.75, 3.05) is 13.1 Å². The summed E-state index contributed by atoms with van der Waals surface area (Å²) in [5.74, 6) is 0.548. The van der Waals surface area contributed by atoms with Crippen LogP contribution >= 0.6 is 0 Å². The van der Waals surface area contributed by atoms with E-state index in [2.05, 4.69) is 10.6 Å². The summed E-state index contributed by atoms with van der Waals surface area (Å²) in [6.07, 6.45) is 9.32. The average molecular weight is 254 g/mol. The van der Waals surface area contributed by atoms with E-state index in [9.17, 15) is 9.90 Å². The zero-order valence-electron chi connectivity index (χ0n) is 11.2. The monoisotopic (exact) mass is 254 g/mol. The van der Waals surface area contributed by atoms with Crippen molar-refractivity contribution in [3.05, 3.63) is 0 Å². The van der Waals surface area contributed by atoms with Gasteiger partial charge in [-0.25, -0.2) is 0 Å². The summed E-state index contributed by atoms with van der Waals surface area (Å²) in [5.41, 5.74) is 0. The van der Waals surface area contributed by atoms with Gasteiger partial charge >= 0.3 is 0 Å². The molecule has 0 heterocycles. The molecule has 2 saturated carbocycles. The van der Waals surface area contributed by atoms with Gasteiger partial charge in [-0.05, 0) is 31.6 Å². The zero-order valence-corrected chi connectivity index (χ0v) is 11.2. The van der Waals surface area contributed by atoms with Gasteiger partial charge in [-0.1, -0.05) is 25.7 Å². The number of aliphatic hydroxyl groups excluding tert-OH is 1. The quantitative estimate of drug-likeness (QED) is 0.624. The first-order chi connectivity index (χ1) is 8.75. The Morgan fingerprint density at radius 3 is 2.39 bits per heavy atom. The van der Waals surface area contributed by atoms with Crippen LogP contribution in [-0.2, 0) is 4.79 Å². The minimum atomic E-state index is -0.268. The van der Waals surface area contributed by atoms with E-state index >= 15 is 0 Å². The number of nitrogens with one attached hydrogen (secondary N) is 2. The maximum absolute atomic E-state index is 11.7. The predicted molar refractivity (Wildman–Crippen MR) is 71.2 cm³/mol. The van der Waals surface area contributed by atoms with E-state index in [0.717, 1.165) is 25.7 Å². The van der Waals surface area contributed by atoms with Crippen LogP contribution < -0.4 is 10.6 Å². The molecule has 2 rings (SSSR count). The van der Waals surface area contributed by atoms with Gasteiger partial charge in [0, 0.05) is 12.6 Å². The standard InChI is InChI=1S/C14H26N2O2/c17-13(11-7-8-11)9-15-10-14(18)16-12-5-3-1-2-4-6-12/h11-13,15,17H,1-10H2,(H,16,18). The predicted octanol–water partition coefficient (Wildman–Crippen LogP) is 1.19. The normalized spacial score (nSPS) is 23.4. The van der Waals surface area contributed by atoms with Gasteiger partial charge < -0.3 is 15.7 Å². The van der Waals surface area contributed by atoms with Crippen LogP contribution in [0.25, 0.3) is 0 Å². The van der Waals surface area contributed by atoms with E-state index in [1.165, 1.54) is 25.7 Å². The van der Waals surface area contributed by atoms with Crippen LogP contribution in [0.5, 0.6) is 0 Å². The summed E-state index contributed by atoms with van der Waals surface area (Å²) in [5, 5.41) is 15.8. The van der Waals surface area contributed by atoms with Crippen LogP contribution in [0, 0.1) is 5.92 Å². The van der Waals surface area contributed by atoms with Crippen LogP contribution in [0.4, 0.5) is 0 Å². The Bertz CT molecular complexity index is 259. The number of carbonyl (C=O) groups is 1. The molecule has 0 aliphatic heterocycles. The van der Waals surface area contributed by atoms with Gasteiger partial charge in [-0.3, -0.25) is 4.79 Å². The van der Waals surface area contributed by atoms with Crippen LogP contribution in [0.2, 0.25) is 0 Å². The molecule has 0 bridgehead atoms.